The van der Waals surface area contributed by atoms with Crippen molar-refractivity contribution < 1.29 is 50.5 Å². The summed E-state index contributed by atoms with van der Waals surface area (Å²) in [5.41, 5.74) is -6.27. The summed E-state index contributed by atoms with van der Waals surface area (Å²) in [6, 6.07) is 0. The maximum absolute atomic E-state index is 13.3. The number of rotatable bonds is 4. The van der Waals surface area contributed by atoms with E-state index < -0.39 is 56.5 Å². The average Bonchev–Trinajstić information content (AvgIpc) is 2.33. The lowest BCUT2D eigenvalue weighted by Gasteiger charge is -2.24. The molecular formula is C7H5F5O6P2. The molecule has 0 aromatic heterocycles. The van der Waals surface area contributed by atoms with Crippen LogP contribution in [0.2, 0.25) is 0 Å². The largest absolute Gasteiger partial charge is 0.354 e. The zero-order chi connectivity index (χ0) is 15.8. The van der Waals surface area contributed by atoms with Crippen LogP contribution in [0.3, 0.4) is 0 Å². The number of halogens is 5. The summed E-state index contributed by atoms with van der Waals surface area (Å²) in [7, 11) is -8.85. The van der Waals surface area contributed by atoms with E-state index in [0.29, 0.717) is 0 Å². The van der Waals surface area contributed by atoms with Crippen LogP contribution < -0.4 is 0 Å². The monoisotopic (exact) mass is 342 g/mol. The zero-order valence-corrected chi connectivity index (χ0v) is 11.0. The van der Waals surface area contributed by atoms with E-state index in [1.54, 1.807) is 0 Å². The highest BCUT2D eigenvalue weighted by atomic mass is 31.1. The third kappa shape index (κ3) is 2.78. The zero-order valence-electron chi connectivity index (χ0n) is 8.96. The fraction of sp³-hybridized carbons (Fsp3) is 0.143. The van der Waals surface area contributed by atoms with E-state index in [9.17, 15) is 36.2 Å². The molecule has 0 saturated carbocycles. The van der Waals surface area contributed by atoms with Crippen molar-refractivity contribution in [2.75, 3.05) is 0 Å². The molecular weight excluding hydrogens is 337 g/mol. The molecule has 1 rings (SSSR count). The van der Waals surface area contributed by atoms with Crippen LogP contribution in [0.15, 0.2) is 0 Å². The molecule has 114 valence electrons. The van der Waals surface area contributed by atoms with Gasteiger partial charge in [-0.1, -0.05) is 0 Å². The van der Waals surface area contributed by atoms with Crippen molar-refractivity contribution in [1.29, 1.82) is 0 Å². The SMILES string of the molecule is O=[PH](O)OC(O)(c1c(F)c(F)c(F)c(F)c1F)[PH](=O)O. The number of benzene rings is 1. The Morgan fingerprint density at radius 1 is 0.850 bits per heavy atom. The summed E-state index contributed by atoms with van der Waals surface area (Å²) < 4.78 is 90.1. The highest BCUT2D eigenvalue weighted by molar-refractivity contribution is 7.40. The lowest BCUT2D eigenvalue weighted by atomic mass is 10.1. The molecule has 0 heterocycles. The van der Waals surface area contributed by atoms with Crippen molar-refractivity contribution in [3.63, 3.8) is 0 Å². The Bertz CT molecular complexity index is 581. The molecule has 0 radical (unpaired) electrons. The quantitative estimate of drug-likeness (QED) is 0.251. The lowest BCUT2D eigenvalue weighted by molar-refractivity contribution is -0.0799. The van der Waals surface area contributed by atoms with Crippen molar-refractivity contribution in [3.8, 4) is 0 Å². The molecule has 1 aromatic rings. The molecule has 3 N–H and O–H groups in total. The topological polar surface area (TPSA) is 104 Å². The van der Waals surface area contributed by atoms with E-state index in [4.69, 9.17) is 9.79 Å². The molecule has 3 unspecified atom stereocenters. The maximum Gasteiger partial charge on any atom is 0.319 e. The second kappa shape index (κ2) is 5.88. The van der Waals surface area contributed by atoms with Crippen molar-refractivity contribution in [2.24, 2.45) is 0 Å². The Kier molecular flexibility index (Phi) is 5.07. The van der Waals surface area contributed by atoms with Gasteiger partial charge in [-0.2, -0.15) is 0 Å². The summed E-state index contributed by atoms with van der Waals surface area (Å²) in [4.78, 5) is 17.1. The van der Waals surface area contributed by atoms with E-state index >= 15 is 0 Å². The average molecular weight is 342 g/mol. The van der Waals surface area contributed by atoms with Crippen LogP contribution in [-0.4, -0.2) is 14.9 Å². The van der Waals surface area contributed by atoms with Crippen molar-refractivity contribution in [1.82, 2.24) is 0 Å². The van der Waals surface area contributed by atoms with Gasteiger partial charge in [-0.15, -0.1) is 0 Å². The summed E-state index contributed by atoms with van der Waals surface area (Å²) >= 11 is 0. The van der Waals surface area contributed by atoms with E-state index in [-0.39, 0.29) is 0 Å². The molecule has 0 aliphatic carbocycles. The van der Waals surface area contributed by atoms with Gasteiger partial charge in [-0.25, -0.2) is 22.0 Å². The molecule has 1 aromatic carbocycles. The number of hydrogen-bond donors (Lipinski definition) is 3. The maximum atomic E-state index is 13.3. The van der Waals surface area contributed by atoms with E-state index in [1.807, 2.05) is 0 Å². The first-order valence-electron chi connectivity index (χ1n) is 4.43. The molecule has 3 atom stereocenters. The molecule has 6 nitrogen and oxygen atoms in total. The smallest absolute Gasteiger partial charge is 0.319 e. The number of hydrogen-bond acceptors (Lipinski definition) is 4. The third-order valence-electron chi connectivity index (χ3n) is 2.07. The molecule has 0 amide bonds. The van der Waals surface area contributed by atoms with Crippen LogP contribution >= 0.6 is 16.3 Å². The van der Waals surface area contributed by atoms with Crippen LogP contribution in [0.1, 0.15) is 5.56 Å². The number of aliphatic hydroxyl groups is 1. The highest BCUT2D eigenvalue weighted by Gasteiger charge is 2.46. The Morgan fingerprint density at radius 3 is 1.50 bits per heavy atom. The first-order valence-corrected chi connectivity index (χ1v) is 7.05. The fourth-order valence-corrected chi connectivity index (χ4v) is 2.63. The summed E-state index contributed by atoms with van der Waals surface area (Å²) in [5, 5.41) is 9.42. The van der Waals surface area contributed by atoms with E-state index in [2.05, 4.69) is 4.52 Å². The van der Waals surface area contributed by atoms with Crippen molar-refractivity contribution in [2.45, 2.75) is 5.53 Å². The van der Waals surface area contributed by atoms with Gasteiger partial charge in [-0.05, 0) is 0 Å². The van der Waals surface area contributed by atoms with Crippen LogP contribution in [0.5, 0.6) is 0 Å². The first kappa shape index (κ1) is 17.2. The molecule has 0 saturated heterocycles. The Morgan fingerprint density at radius 2 is 1.20 bits per heavy atom. The van der Waals surface area contributed by atoms with Crippen LogP contribution in [0.4, 0.5) is 22.0 Å². The van der Waals surface area contributed by atoms with Gasteiger partial charge in [0.05, 0.1) is 5.56 Å². The van der Waals surface area contributed by atoms with Crippen LogP contribution in [-0.2, 0) is 19.2 Å². The minimum Gasteiger partial charge on any atom is -0.354 e. The highest BCUT2D eigenvalue weighted by Crippen LogP contribution is 2.50. The Labute approximate surface area is 108 Å². The third-order valence-corrected chi connectivity index (χ3v) is 3.68. The van der Waals surface area contributed by atoms with Crippen LogP contribution in [0, 0.1) is 29.1 Å². The molecule has 0 spiro atoms. The molecule has 13 heteroatoms. The minimum absolute atomic E-state index is 2.23. The normalized spacial score (nSPS) is 17.6. The summed E-state index contributed by atoms with van der Waals surface area (Å²) in [5.74, 6) is -13.0. The van der Waals surface area contributed by atoms with Gasteiger partial charge in [0, 0.05) is 0 Å². The second-order valence-corrected chi connectivity index (χ2v) is 5.29. The molecule has 0 aliphatic heterocycles. The fourth-order valence-electron chi connectivity index (χ4n) is 1.23. The van der Waals surface area contributed by atoms with Gasteiger partial charge >= 0.3 is 8.25 Å². The first-order chi connectivity index (χ1) is 9.04. The van der Waals surface area contributed by atoms with E-state index in [1.165, 1.54) is 0 Å². The molecule has 20 heavy (non-hydrogen) atoms. The van der Waals surface area contributed by atoms with Gasteiger partial charge in [-0.3, -0.25) is 13.7 Å². The van der Waals surface area contributed by atoms with Gasteiger partial charge in [0.15, 0.2) is 23.3 Å². The molecule has 0 fully saturated rings. The Balaban J connectivity index is 3.74. The van der Waals surface area contributed by atoms with Crippen molar-refractivity contribution in [3.05, 3.63) is 34.6 Å². The Hall–Kier alpha value is -0.830. The van der Waals surface area contributed by atoms with E-state index in [0.717, 1.165) is 0 Å². The van der Waals surface area contributed by atoms with Gasteiger partial charge in [0.2, 0.25) is 5.82 Å². The van der Waals surface area contributed by atoms with Gasteiger partial charge < -0.3 is 14.9 Å². The van der Waals surface area contributed by atoms with Crippen molar-refractivity contribution >= 4 is 16.3 Å². The van der Waals surface area contributed by atoms with Crippen LogP contribution in [0.25, 0.3) is 0 Å². The second-order valence-electron chi connectivity index (χ2n) is 3.26. The molecule has 0 aliphatic rings. The predicted octanol–water partition coefficient (Wildman–Crippen LogP) is 1.35. The summed E-state index contributed by atoms with van der Waals surface area (Å²) in [6.45, 7) is 0. The van der Waals surface area contributed by atoms with Gasteiger partial charge in [0.1, 0.15) is 0 Å². The summed E-state index contributed by atoms with van der Waals surface area (Å²) in [6.07, 6.45) is 0. The standard InChI is InChI=1S/C7H5F5O6P2/c8-2-1(3(9)5(11)6(12)4(2)10)7(13,19(14)15)18-20(16)17/h13,19-20H,(H,14,15)(H,16,17). The predicted molar refractivity (Wildman–Crippen MR) is 53.7 cm³/mol. The lowest BCUT2D eigenvalue weighted by Crippen LogP contribution is -2.27. The minimum atomic E-state index is -4.60. The van der Waals surface area contributed by atoms with Gasteiger partial charge in [0.25, 0.3) is 13.6 Å². The molecule has 0 bridgehead atoms.